The summed E-state index contributed by atoms with van der Waals surface area (Å²) < 4.78 is 3.56. The number of rotatable bonds is 4. The van der Waals surface area contributed by atoms with Crippen molar-refractivity contribution in [2.45, 2.75) is 92.9 Å². The zero-order chi connectivity index (χ0) is 31.6. The van der Waals surface area contributed by atoms with Gasteiger partial charge in [-0.2, -0.15) is 0 Å². The second-order valence-corrected chi connectivity index (χ2v) is 28.5. The van der Waals surface area contributed by atoms with Crippen LogP contribution in [0.5, 0.6) is 0 Å². The Morgan fingerprint density at radius 1 is 0.659 bits per heavy atom. The third-order valence-electron chi connectivity index (χ3n) is 9.69. The molecule has 0 spiro atoms. The summed E-state index contributed by atoms with van der Waals surface area (Å²) in [7, 11) is 0. The molecule has 4 aromatic carbocycles. The molecular formula is C42H48SiZr. The van der Waals surface area contributed by atoms with Gasteiger partial charge in [0.25, 0.3) is 0 Å². The van der Waals surface area contributed by atoms with Crippen molar-refractivity contribution in [3.05, 3.63) is 133 Å². The Bertz CT molecular complexity index is 1820. The van der Waals surface area contributed by atoms with Crippen molar-refractivity contribution in [3.63, 3.8) is 0 Å². The fourth-order valence-corrected chi connectivity index (χ4v) is 28.8. The van der Waals surface area contributed by atoms with Gasteiger partial charge in [0.1, 0.15) is 0 Å². The van der Waals surface area contributed by atoms with Crippen LogP contribution in [0, 0.1) is 27.7 Å². The van der Waals surface area contributed by atoms with Gasteiger partial charge in [-0.3, -0.25) is 0 Å². The average Bonchev–Trinajstić information content (AvgIpc) is 3.59. The van der Waals surface area contributed by atoms with Crippen LogP contribution in [0.4, 0.5) is 0 Å². The molecule has 0 unspecified atom stereocenters. The first-order valence-electron chi connectivity index (χ1n) is 16.3. The summed E-state index contributed by atoms with van der Waals surface area (Å²) in [6, 6.07) is 27.0. The first-order valence-corrected chi connectivity index (χ1v) is 23.9. The van der Waals surface area contributed by atoms with Gasteiger partial charge in [0.2, 0.25) is 0 Å². The standard InChI is InChI=1S/C23H29.C14H14Si.C5H5.Zr/c1-14-9-16-11-17-10-15(2)21(23(6,7)8)13-19(17)18(16)12-20(14)22(3,4)5;1-11-3-7-13(8-4-11)15-14-9-5-12(2)6-10-14;1-2-4-5-3-1;/h9,12-13H,11H2,1-8H3;3-10H,1-2H3;1-3H,4H2;. The van der Waals surface area contributed by atoms with Crippen LogP contribution in [0.1, 0.15) is 92.5 Å². The Kier molecular flexibility index (Phi) is 8.34. The van der Waals surface area contributed by atoms with Gasteiger partial charge in [-0.05, 0) is 0 Å². The van der Waals surface area contributed by atoms with E-state index in [0.717, 1.165) is 12.8 Å². The van der Waals surface area contributed by atoms with Crippen LogP contribution in [-0.4, -0.2) is 5.43 Å². The maximum atomic E-state index is 2.61. The van der Waals surface area contributed by atoms with Crippen LogP contribution in [0.25, 0.3) is 11.1 Å². The van der Waals surface area contributed by atoms with Crippen molar-refractivity contribution in [2.24, 2.45) is 0 Å². The zero-order valence-electron chi connectivity index (χ0n) is 28.5. The SMILES string of the molecule is Cc1ccc([Si](c2ccc(C)cc2)=[Zr]([C]2=CC=CC2)[c]2c(C)c(C(C)(C)C)cc3c2Cc2cc(C)c(C(C)(C)C)cc2-3)cc1. The number of fused-ring (bicyclic) bond motifs is 3. The van der Waals surface area contributed by atoms with Crippen LogP contribution >= 0.6 is 0 Å². The van der Waals surface area contributed by atoms with Crippen molar-refractivity contribution < 1.29 is 20.4 Å². The summed E-state index contributed by atoms with van der Waals surface area (Å²) in [6.07, 6.45) is 9.47. The predicted molar refractivity (Wildman–Crippen MR) is 190 cm³/mol. The van der Waals surface area contributed by atoms with E-state index in [9.17, 15) is 0 Å². The minimum atomic E-state index is -2.57. The minimum absolute atomic E-state index is 0.0748. The van der Waals surface area contributed by atoms with Gasteiger partial charge in [0.05, 0.1) is 0 Å². The molecule has 224 valence electrons. The second kappa shape index (κ2) is 11.7. The molecule has 4 aromatic rings. The van der Waals surface area contributed by atoms with Crippen LogP contribution in [-0.2, 0) is 37.6 Å². The molecule has 0 radical (unpaired) electrons. The monoisotopic (exact) mass is 670 g/mol. The third kappa shape index (κ3) is 5.78. The summed E-state index contributed by atoms with van der Waals surface area (Å²) in [4.78, 5) is 0. The fourth-order valence-electron chi connectivity index (χ4n) is 7.51. The second-order valence-electron chi connectivity index (χ2n) is 15.3. The molecule has 0 saturated heterocycles. The molecule has 6 rings (SSSR count). The topological polar surface area (TPSA) is 0 Å². The molecule has 0 atom stereocenters. The van der Waals surface area contributed by atoms with Gasteiger partial charge in [0, 0.05) is 0 Å². The van der Waals surface area contributed by atoms with Crippen LogP contribution in [0.2, 0.25) is 0 Å². The zero-order valence-corrected chi connectivity index (χ0v) is 32.0. The van der Waals surface area contributed by atoms with Crippen molar-refractivity contribution in [3.8, 4) is 11.1 Å². The van der Waals surface area contributed by atoms with Crippen LogP contribution in [0.15, 0.2) is 88.2 Å². The van der Waals surface area contributed by atoms with E-state index >= 15 is 0 Å². The summed E-state index contributed by atoms with van der Waals surface area (Å²) >= 11 is -2.57. The molecule has 0 amide bonds. The van der Waals surface area contributed by atoms with Gasteiger partial charge < -0.3 is 0 Å². The molecule has 0 aromatic heterocycles. The quantitative estimate of drug-likeness (QED) is 0.167. The molecule has 2 heteroatoms. The van der Waals surface area contributed by atoms with Crippen molar-refractivity contribution in [1.82, 2.24) is 0 Å². The Hall–Kier alpha value is -2.54. The Morgan fingerprint density at radius 3 is 1.70 bits per heavy atom. The van der Waals surface area contributed by atoms with Crippen molar-refractivity contribution in [1.29, 1.82) is 0 Å². The van der Waals surface area contributed by atoms with Crippen LogP contribution in [0.3, 0.4) is 0 Å². The van der Waals surface area contributed by atoms with E-state index in [0.29, 0.717) is 0 Å². The Balaban J connectivity index is 1.77. The molecule has 2 aliphatic rings. The third-order valence-corrected chi connectivity index (χ3v) is 28.7. The number of aryl methyl sites for hydroxylation is 3. The summed E-state index contributed by atoms with van der Waals surface area (Å²) in [5.74, 6) is 0. The number of allylic oxidation sites excluding steroid dienone is 4. The Labute approximate surface area is 274 Å². The average molecular weight is 672 g/mol. The van der Waals surface area contributed by atoms with Gasteiger partial charge in [0.15, 0.2) is 0 Å². The fraction of sp³-hybridized carbons (Fsp3) is 0.333. The van der Waals surface area contributed by atoms with E-state index in [1.807, 2.05) is 0 Å². The Morgan fingerprint density at radius 2 is 1.20 bits per heavy atom. The molecule has 0 nitrogen and oxygen atoms in total. The van der Waals surface area contributed by atoms with Gasteiger partial charge >= 0.3 is 276 Å². The molecule has 2 aliphatic carbocycles. The molecule has 0 aliphatic heterocycles. The maximum absolute atomic E-state index is 2.61. The molecular weight excluding hydrogens is 624 g/mol. The molecule has 0 N–H and O–H groups in total. The molecule has 0 saturated carbocycles. The predicted octanol–water partition coefficient (Wildman–Crippen LogP) is 8.98. The van der Waals surface area contributed by atoms with E-state index in [1.165, 1.54) is 44.5 Å². The summed E-state index contributed by atoms with van der Waals surface area (Å²) in [5.41, 5.74) is 14.1. The molecule has 0 bridgehead atoms. The van der Waals surface area contributed by atoms with Crippen LogP contribution < -0.4 is 13.6 Å². The number of hydrogen-bond donors (Lipinski definition) is 0. The van der Waals surface area contributed by atoms with E-state index in [4.69, 9.17) is 0 Å². The van der Waals surface area contributed by atoms with E-state index in [1.54, 1.807) is 28.1 Å². The van der Waals surface area contributed by atoms with Gasteiger partial charge in [-0.15, -0.1) is 0 Å². The van der Waals surface area contributed by atoms with Gasteiger partial charge in [-0.25, -0.2) is 0 Å². The first kappa shape index (κ1) is 31.4. The van der Waals surface area contributed by atoms with E-state index < -0.39 is 25.8 Å². The number of hydrogen-bond acceptors (Lipinski definition) is 0. The molecule has 0 heterocycles. The normalized spacial score (nSPS) is 14.0. The van der Waals surface area contributed by atoms with Gasteiger partial charge in [-0.1, -0.05) is 0 Å². The molecule has 0 fully saturated rings. The number of benzene rings is 4. The van der Waals surface area contributed by atoms with E-state index in [-0.39, 0.29) is 10.8 Å². The van der Waals surface area contributed by atoms with Crippen molar-refractivity contribution >= 4 is 19.1 Å². The summed E-state index contributed by atoms with van der Waals surface area (Å²) in [6.45, 7) is 23.6. The molecule has 44 heavy (non-hydrogen) atoms. The summed E-state index contributed by atoms with van der Waals surface area (Å²) in [5, 5.41) is 3.17. The first-order chi connectivity index (χ1) is 20.7. The van der Waals surface area contributed by atoms with E-state index in [2.05, 4.69) is 154 Å². The van der Waals surface area contributed by atoms with Crippen molar-refractivity contribution in [2.75, 3.05) is 0 Å².